The number of carbonyl (C=O) groups excluding carboxylic acids is 1. The molecule has 2 aliphatic heterocycles. The number of urea groups is 1. The van der Waals surface area contributed by atoms with E-state index in [2.05, 4.69) is 19.6 Å². The Kier molecular flexibility index (Phi) is 4.74. The standard InChI is InChI=1S/C24H26N4O/c1-16-9-11-20(12-10-16)27-13-14-28(24(27)29)23-8-6-7-21(17(23)2)22-15-26(5)19(4)18(3)25-22/h6-12,15H,4,13-14H2,1-3,5H3. The van der Waals surface area contributed by atoms with Gasteiger partial charge in [0.25, 0.3) is 0 Å². The van der Waals surface area contributed by atoms with Crippen LogP contribution >= 0.6 is 0 Å². The summed E-state index contributed by atoms with van der Waals surface area (Å²) in [6.45, 7) is 11.5. The molecule has 2 aromatic rings. The van der Waals surface area contributed by atoms with Gasteiger partial charge in [-0.25, -0.2) is 9.79 Å². The van der Waals surface area contributed by atoms with E-state index in [1.54, 1.807) is 0 Å². The Morgan fingerprint density at radius 2 is 1.66 bits per heavy atom. The normalized spacial score (nSPS) is 17.0. The first-order valence-electron chi connectivity index (χ1n) is 9.81. The molecule has 0 unspecified atom stereocenters. The van der Waals surface area contributed by atoms with E-state index in [1.807, 2.05) is 78.2 Å². The summed E-state index contributed by atoms with van der Waals surface area (Å²) in [5.41, 5.74) is 7.82. The van der Waals surface area contributed by atoms with Gasteiger partial charge >= 0.3 is 6.03 Å². The van der Waals surface area contributed by atoms with Crippen molar-refractivity contribution in [3.63, 3.8) is 0 Å². The Labute approximate surface area is 172 Å². The Morgan fingerprint density at radius 3 is 2.34 bits per heavy atom. The molecule has 4 rings (SSSR count). The van der Waals surface area contributed by atoms with Crippen LogP contribution in [0.5, 0.6) is 0 Å². The molecule has 1 saturated heterocycles. The number of benzene rings is 2. The van der Waals surface area contributed by atoms with Crippen LogP contribution in [-0.2, 0) is 0 Å². The Morgan fingerprint density at radius 1 is 0.966 bits per heavy atom. The molecule has 2 aromatic carbocycles. The molecule has 2 aliphatic rings. The molecule has 5 heteroatoms. The van der Waals surface area contributed by atoms with Crippen LogP contribution in [0.2, 0.25) is 0 Å². The smallest absolute Gasteiger partial charge is 0.329 e. The van der Waals surface area contributed by atoms with Crippen molar-refractivity contribution in [1.82, 2.24) is 4.90 Å². The summed E-state index contributed by atoms with van der Waals surface area (Å²) in [4.78, 5) is 23.6. The minimum atomic E-state index is 0.0110. The first-order chi connectivity index (χ1) is 13.9. The quantitative estimate of drug-likeness (QED) is 0.747. The fraction of sp³-hybridized carbons (Fsp3) is 0.250. The van der Waals surface area contributed by atoms with Crippen molar-refractivity contribution in [3.8, 4) is 0 Å². The van der Waals surface area contributed by atoms with E-state index in [1.165, 1.54) is 5.56 Å². The first-order valence-corrected chi connectivity index (χ1v) is 9.81. The summed E-state index contributed by atoms with van der Waals surface area (Å²) in [5, 5.41) is 0. The van der Waals surface area contributed by atoms with Gasteiger partial charge in [-0.15, -0.1) is 0 Å². The monoisotopic (exact) mass is 386 g/mol. The lowest BCUT2D eigenvalue weighted by Crippen LogP contribution is -2.32. The van der Waals surface area contributed by atoms with E-state index in [9.17, 15) is 4.79 Å². The van der Waals surface area contributed by atoms with Crippen LogP contribution in [-0.4, -0.2) is 36.8 Å². The molecule has 0 spiro atoms. The van der Waals surface area contributed by atoms with E-state index >= 15 is 0 Å². The van der Waals surface area contributed by atoms with Crippen LogP contribution in [0, 0.1) is 13.8 Å². The average molecular weight is 386 g/mol. The number of allylic oxidation sites excluding steroid dienone is 1. The van der Waals surface area contributed by atoms with Gasteiger partial charge in [-0.3, -0.25) is 9.80 Å². The first kappa shape index (κ1) is 19.0. The van der Waals surface area contributed by atoms with Gasteiger partial charge in [0.15, 0.2) is 0 Å². The molecule has 0 N–H and O–H groups in total. The number of aryl methyl sites for hydroxylation is 1. The van der Waals surface area contributed by atoms with Crippen molar-refractivity contribution in [2.75, 3.05) is 29.9 Å². The van der Waals surface area contributed by atoms with E-state index in [0.717, 1.165) is 39.6 Å². The third kappa shape index (κ3) is 3.33. The van der Waals surface area contributed by atoms with E-state index < -0.39 is 0 Å². The maximum absolute atomic E-state index is 13.2. The van der Waals surface area contributed by atoms with Gasteiger partial charge in [-0.1, -0.05) is 36.4 Å². The molecule has 2 amide bonds. The average Bonchev–Trinajstić information content (AvgIpc) is 3.08. The molecule has 148 valence electrons. The number of hydrogen-bond donors (Lipinski definition) is 0. The molecule has 0 saturated carbocycles. The van der Waals surface area contributed by atoms with Crippen molar-refractivity contribution in [1.29, 1.82) is 0 Å². The molecule has 29 heavy (non-hydrogen) atoms. The van der Waals surface area contributed by atoms with Gasteiger partial charge in [0, 0.05) is 43.3 Å². The van der Waals surface area contributed by atoms with Crippen LogP contribution in [0.3, 0.4) is 0 Å². The second-order valence-corrected chi connectivity index (χ2v) is 7.64. The Hall–Kier alpha value is -3.34. The summed E-state index contributed by atoms with van der Waals surface area (Å²) in [6.07, 6.45) is 1.99. The highest BCUT2D eigenvalue weighted by Crippen LogP contribution is 2.33. The zero-order valence-corrected chi connectivity index (χ0v) is 17.4. The molecule has 0 atom stereocenters. The molecular formula is C24H26N4O. The maximum atomic E-state index is 13.2. The third-order valence-electron chi connectivity index (χ3n) is 5.67. The van der Waals surface area contributed by atoms with Gasteiger partial charge in [0.2, 0.25) is 0 Å². The van der Waals surface area contributed by atoms with Gasteiger partial charge in [0.05, 0.1) is 17.1 Å². The van der Waals surface area contributed by atoms with Crippen molar-refractivity contribution < 1.29 is 4.79 Å². The fourth-order valence-corrected chi connectivity index (χ4v) is 3.84. The lowest BCUT2D eigenvalue weighted by molar-refractivity contribution is 0.256. The molecule has 0 radical (unpaired) electrons. The topological polar surface area (TPSA) is 39.1 Å². The van der Waals surface area contributed by atoms with Crippen molar-refractivity contribution in [2.45, 2.75) is 20.8 Å². The van der Waals surface area contributed by atoms with Crippen LogP contribution in [0.4, 0.5) is 16.2 Å². The highest BCUT2D eigenvalue weighted by Gasteiger charge is 2.32. The minimum absolute atomic E-state index is 0.0110. The number of nitrogens with zero attached hydrogens (tertiary/aromatic N) is 4. The number of carbonyl (C=O) groups is 1. The van der Waals surface area contributed by atoms with Gasteiger partial charge in [0.1, 0.15) is 0 Å². The molecule has 5 nitrogen and oxygen atoms in total. The molecule has 1 fully saturated rings. The highest BCUT2D eigenvalue weighted by molar-refractivity contribution is 6.07. The predicted octanol–water partition coefficient (Wildman–Crippen LogP) is 4.97. The van der Waals surface area contributed by atoms with E-state index in [0.29, 0.717) is 13.1 Å². The van der Waals surface area contributed by atoms with Crippen LogP contribution < -0.4 is 9.80 Å². The number of amides is 2. The molecule has 0 aliphatic carbocycles. The molecule has 0 aromatic heterocycles. The van der Waals surface area contributed by atoms with Crippen molar-refractivity contribution in [2.24, 2.45) is 4.99 Å². The van der Waals surface area contributed by atoms with Crippen LogP contribution in [0.1, 0.15) is 23.6 Å². The Balaban J connectivity index is 1.66. The molecule has 0 bridgehead atoms. The number of hydrogen-bond acceptors (Lipinski definition) is 3. The summed E-state index contributed by atoms with van der Waals surface area (Å²) in [6, 6.07) is 14.2. The highest BCUT2D eigenvalue weighted by atomic mass is 16.2. The third-order valence-corrected chi connectivity index (χ3v) is 5.67. The number of rotatable bonds is 3. The van der Waals surface area contributed by atoms with Crippen LogP contribution in [0.15, 0.2) is 65.9 Å². The van der Waals surface area contributed by atoms with Gasteiger partial charge in [-0.2, -0.15) is 0 Å². The summed E-state index contributed by atoms with van der Waals surface area (Å²) in [5.74, 6) is 0. The molecular weight excluding hydrogens is 360 g/mol. The van der Waals surface area contributed by atoms with Crippen molar-refractivity contribution >= 4 is 28.8 Å². The summed E-state index contributed by atoms with van der Waals surface area (Å²) in [7, 11) is 1.98. The zero-order valence-electron chi connectivity index (χ0n) is 17.4. The summed E-state index contributed by atoms with van der Waals surface area (Å²) < 4.78 is 0. The lowest BCUT2D eigenvalue weighted by atomic mass is 10.0. The zero-order chi connectivity index (χ0) is 20.7. The fourth-order valence-electron chi connectivity index (χ4n) is 3.84. The van der Waals surface area contributed by atoms with E-state index in [-0.39, 0.29) is 6.03 Å². The second kappa shape index (κ2) is 7.24. The largest absolute Gasteiger partial charge is 0.348 e. The van der Waals surface area contributed by atoms with Crippen molar-refractivity contribution in [3.05, 3.63) is 77.6 Å². The lowest BCUT2D eigenvalue weighted by Gasteiger charge is -2.25. The number of aliphatic imine (C=N–C) groups is 1. The second-order valence-electron chi connectivity index (χ2n) is 7.64. The SMILES string of the molecule is C=C1C(C)=NC(c2cccc(N3CCN(c4ccc(C)cc4)C3=O)c2C)=CN1C. The maximum Gasteiger partial charge on any atom is 0.329 e. The number of anilines is 2. The van der Waals surface area contributed by atoms with Crippen LogP contribution in [0.25, 0.3) is 5.70 Å². The van der Waals surface area contributed by atoms with E-state index in [4.69, 9.17) is 4.99 Å². The minimum Gasteiger partial charge on any atom is -0.348 e. The predicted molar refractivity (Wildman–Crippen MR) is 120 cm³/mol. The van der Waals surface area contributed by atoms with Gasteiger partial charge in [-0.05, 0) is 44.5 Å². The molecule has 2 heterocycles. The Bertz CT molecular complexity index is 1050. The summed E-state index contributed by atoms with van der Waals surface area (Å²) >= 11 is 0. The van der Waals surface area contributed by atoms with Gasteiger partial charge < -0.3 is 4.90 Å².